The van der Waals surface area contributed by atoms with Gasteiger partial charge in [-0.05, 0) is 0 Å². The maximum absolute atomic E-state index is 11.3. The van der Waals surface area contributed by atoms with Crippen LogP contribution in [0.25, 0.3) is 0 Å². The molecule has 0 aromatic heterocycles. The Morgan fingerprint density at radius 1 is 0.875 bits per heavy atom. The minimum atomic E-state index is -0.842. The van der Waals surface area contributed by atoms with Crippen LogP contribution in [-0.4, -0.2) is 58.4 Å². The molecule has 0 spiro atoms. The van der Waals surface area contributed by atoms with E-state index in [1.807, 2.05) is 0 Å². The Balaban J connectivity index is 1.66. The Labute approximate surface area is 92.5 Å². The smallest absolute Gasteiger partial charge is 0.402 e. The molecule has 0 radical (unpaired) electrons. The molecule has 0 N–H and O–H groups in total. The zero-order valence-corrected chi connectivity index (χ0v) is 8.76. The molecular formula is C9H14O7. The van der Waals surface area contributed by atoms with Gasteiger partial charge in [0.15, 0.2) is 0 Å². The molecule has 7 heteroatoms. The van der Waals surface area contributed by atoms with Crippen LogP contribution in [0.2, 0.25) is 0 Å². The van der Waals surface area contributed by atoms with Gasteiger partial charge in [0, 0.05) is 0 Å². The molecule has 0 aromatic carbocycles. The summed E-state index contributed by atoms with van der Waals surface area (Å²) < 4.78 is 30.1. The lowest BCUT2D eigenvalue weighted by atomic mass is 10.6. The Morgan fingerprint density at radius 2 is 1.38 bits per heavy atom. The second kappa shape index (κ2) is 6.00. The molecule has 0 aromatic rings. The minimum absolute atomic E-state index is 0.219. The first-order valence-electron chi connectivity index (χ1n) is 5.10. The molecule has 2 saturated heterocycles. The van der Waals surface area contributed by atoms with E-state index in [2.05, 4.69) is 0 Å². The monoisotopic (exact) mass is 234 g/mol. The van der Waals surface area contributed by atoms with Gasteiger partial charge in [0.2, 0.25) is 12.6 Å². The van der Waals surface area contributed by atoms with Crippen LogP contribution in [0.1, 0.15) is 0 Å². The highest BCUT2D eigenvalue weighted by Crippen LogP contribution is 2.07. The lowest BCUT2D eigenvalue weighted by molar-refractivity contribution is -0.225. The van der Waals surface area contributed by atoms with Crippen molar-refractivity contribution >= 4 is 6.16 Å². The van der Waals surface area contributed by atoms with Crippen LogP contribution in [0.4, 0.5) is 4.79 Å². The third-order valence-corrected chi connectivity index (χ3v) is 2.03. The molecule has 2 unspecified atom stereocenters. The van der Waals surface area contributed by atoms with Crippen LogP contribution >= 0.6 is 0 Å². The number of rotatable bonds is 2. The molecule has 2 fully saturated rings. The fourth-order valence-corrected chi connectivity index (χ4v) is 1.31. The normalized spacial score (nSPS) is 30.8. The third-order valence-electron chi connectivity index (χ3n) is 2.03. The van der Waals surface area contributed by atoms with E-state index in [1.54, 1.807) is 0 Å². The van der Waals surface area contributed by atoms with Crippen molar-refractivity contribution in [2.75, 3.05) is 39.6 Å². The summed E-state index contributed by atoms with van der Waals surface area (Å²) in [5.74, 6) is 0. The van der Waals surface area contributed by atoms with Crippen molar-refractivity contribution in [3.63, 3.8) is 0 Å². The summed E-state index contributed by atoms with van der Waals surface area (Å²) in [4.78, 5) is 11.3. The topological polar surface area (TPSA) is 72.5 Å². The molecule has 2 atom stereocenters. The highest BCUT2D eigenvalue weighted by atomic mass is 16.8. The maximum Gasteiger partial charge on any atom is 0.513 e. The van der Waals surface area contributed by atoms with Gasteiger partial charge < -0.3 is 28.4 Å². The second-order valence-electron chi connectivity index (χ2n) is 3.24. The Kier molecular flexibility index (Phi) is 4.34. The highest BCUT2D eigenvalue weighted by molar-refractivity contribution is 5.60. The molecule has 0 saturated carbocycles. The van der Waals surface area contributed by atoms with E-state index in [4.69, 9.17) is 28.4 Å². The van der Waals surface area contributed by atoms with Crippen molar-refractivity contribution in [3.8, 4) is 0 Å². The van der Waals surface area contributed by atoms with E-state index >= 15 is 0 Å². The van der Waals surface area contributed by atoms with E-state index in [-0.39, 0.29) is 13.2 Å². The maximum atomic E-state index is 11.3. The fourth-order valence-electron chi connectivity index (χ4n) is 1.31. The van der Waals surface area contributed by atoms with Gasteiger partial charge in [0.25, 0.3) is 0 Å². The average molecular weight is 234 g/mol. The summed E-state index contributed by atoms with van der Waals surface area (Å²) in [7, 11) is 0. The van der Waals surface area contributed by atoms with Crippen molar-refractivity contribution in [3.05, 3.63) is 0 Å². The highest BCUT2D eigenvalue weighted by Gasteiger charge is 2.24. The van der Waals surface area contributed by atoms with Crippen LogP contribution < -0.4 is 0 Å². The predicted molar refractivity (Wildman–Crippen MR) is 48.7 cm³/mol. The summed E-state index contributed by atoms with van der Waals surface area (Å²) in [5.41, 5.74) is 0. The van der Waals surface area contributed by atoms with Gasteiger partial charge in [0.05, 0.1) is 26.4 Å². The van der Waals surface area contributed by atoms with Crippen molar-refractivity contribution in [2.45, 2.75) is 12.6 Å². The molecule has 0 aliphatic carbocycles. The Morgan fingerprint density at radius 3 is 1.75 bits per heavy atom. The summed E-state index contributed by atoms with van der Waals surface area (Å²) >= 11 is 0. The summed E-state index contributed by atoms with van der Waals surface area (Å²) in [6.45, 7) is 2.26. The quantitative estimate of drug-likeness (QED) is 0.617. The number of carbonyl (C=O) groups excluding carboxylic acids is 1. The zero-order chi connectivity index (χ0) is 11.2. The van der Waals surface area contributed by atoms with Crippen LogP contribution in [0.5, 0.6) is 0 Å². The lowest BCUT2D eigenvalue weighted by Crippen LogP contribution is -2.37. The van der Waals surface area contributed by atoms with Crippen LogP contribution in [0, 0.1) is 0 Å². The van der Waals surface area contributed by atoms with Gasteiger partial charge in [-0.25, -0.2) is 4.79 Å². The molecule has 92 valence electrons. The largest absolute Gasteiger partial charge is 0.513 e. The number of carbonyl (C=O) groups is 1. The van der Waals surface area contributed by atoms with Gasteiger partial charge in [0.1, 0.15) is 13.2 Å². The first kappa shape index (κ1) is 11.6. The molecule has 0 bridgehead atoms. The molecule has 0 amide bonds. The first-order valence-corrected chi connectivity index (χ1v) is 5.10. The van der Waals surface area contributed by atoms with Gasteiger partial charge in [-0.3, -0.25) is 0 Å². The van der Waals surface area contributed by atoms with E-state index < -0.39 is 18.7 Å². The third kappa shape index (κ3) is 3.60. The summed E-state index contributed by atoms with van der Waals surface area (Å²) in [5, 5.41) is 0. The van der Waals surface area contributed by atoms with Crippen molar-refractivity contribution in [1.82, 2.24) is 0 Å². The van der Waals surface area contributed by atoms with E-state index in [9.17, 15) is 4.79 Å². The van der Waals surface area contributed by atoms with Gasteiger partial charge in [-0.15, -0.1) is 0 Å². The standard InChI is InChI=1S/C9H14O7/c10-9(15-7-5-11-1-3-13-7)16-8-6-12-2-4-14-8/h7-8H,1-6H2. The van der Waals surface area contributed by atoms with E-state index in [0.29, 0.717) is 26.4 Å². The van der Waals surface area contributed by atoms with E-state index in [0.717, 1.165) is 0 Å². The van der Waals surface area contributed by atoms with Crippen molar-refractivity contribution in [1.29, 1.82) is 0 Å². The van der Waals surface area contributed by atoms with Crippen LogP contribution in [0.3, 0.4) is 0 Å². The van der Waals surface area contributed by atoms with Crippen molar-refractivity contribution in [2.24, 2.45) is 0 Å². The molecule has 2 aliphatic rings. The average Bonchev–Trinajstić information content (AvgIpc) is 2.31. The number of hydrogen-bond acceptors (Lipinski definition) is 7. The lowest BCUT2D eigenvalue weighted by Gasteiger charge is -2.25. The van der Waals surface area contributed by atoms with Crippen LogP contribution in [0.15, 0.2) is 0 Å². The molecule has 16 heavy (non-hydrogen) atoms. The SMILES string of the molecule is O=C(OC1COCCO1)OC1COCCO1. The first-order chi connectivity index (χ1) is 7.84. The molecule has 2 heterocycles. The minimum Gasteiger partial charge on any atom is -0.402 e. The molecular weight excluding hydrogens is 220 g/mol. The Hall–Kier alpha value is -0.890. The van der Waals surface area contributed by atoms with Gasteiger partial charge in [-0.1, -0.05) is 0 Å². The van der Waals surface area contributed by atoms with E-state index in [1.165, 1.54) is 0 Å². The molecule has 2 aliphatic heterocycles. The second-order valence-corrected chi connectivity index (χ2v) is 3.24. The van der Waals surface area contributed by atoms with Crippen molar-refractivity contribution < 1.29 is 33.2 Å². The molecule has 7 nitrogen and oxygen atoms in total. The van der Waals surface area contributed by atoms with Gasteiger partial charge >= 0.3 is 6.16 Å². The van der Waals surface area contributed by atoms with Crippen LogP contribution in [-0.2, 0) is 28.4 Å². The number of ether oxygens (including phenoxy) is 6. The summed E-state index contributed by atoms with van der Waals surface area (Å²) in [6.07, 6.45) is -2.25. The zero-order valence-electron chi connectivity index (χ0n) is 8.76. The predicted octanol–water partition coefficient (Wildman–Crippen LogP) is -0.115. The fraction of sp³-hybridized carbons (Fsp3) is 0.889. The number of hydrogen-bond donors (Lipinski definition) is 0. The Bertz CT molecular complexity index is 198. The summed E-state index contributed by atoms with van der Waals surface area (Å²) in [6, 6.07) is 0. The molecule has 2 rings (SSSR count). The van der Waals surface area contributed by atoms with Gasteiger partial charge in [-0.2, -0.15) is 0 Å².